The van der Waals surface area contributed by atoms with Crippen LogP contribution in [0.25, 0.3) is 5.57 Å². The van der Waals surface area contributed by atoms with Crippen LogP contribution in [-0.2, 0) is 11.2 Å². The summed E-state index contributed by atoms with van der Waals surface area (Å²) >= 11 is 0. The van der Waals surface area contributed by atoms with Crippen molar-refractivity contribution in [3.8, 4) is 5.75 Å². The maximum absolute atomic E-state index is 13.1. The van der Waals surface area contributed by atoms with Gasteiger partial charge in [-0.1, -0.05) is 18.2 Å². The lowest BCUT2D eigenvalue weighted by Crippen LogP contribution is -2.45. The lowest BCUT2D eigenvalue weighted by Gasteiger charge is -2.24. The molecule has 0 radical (unpaired) electrons. The molecule has 1 amide bonds. The summed E-state index contributed by atoms with van der Waals surface area (Å²) in [6.45, 7) is 0.634. The number of rotatable bonds is 3. The molecule has 0 aromatic heterocycles. The lowest BCUT2D eigenvalue weighted by atomic mass is 9.93. The highest BCUT2D eigenvalue weighted by molar-refractivity contribution is 6.09. The van der Waals surface area contributed by atoms with Crippen LogP contribution in [0.4, 0.5) is 11.4 Å². The minimum atomic E-state index is -0.633. The number of hydrogen-bond acceptors (Lipinski definition) is 5. The molecule has 2 aromatic carbocycles. The predicted octanol–water partition coefficient (Wildman–Crippen LogP) is 2.49. The first kappa shape index (κ1) is 16.2. The number of anilines is 2. The van der Waals surface area contributed by atoms with E-state index in [1.54, 1.807) is 17.0 Å². The Balaban J connectivity index is 1.58. The van der Waals surface area contributed by atoms with Gasteiger partial charge in [0, 0.05) is 48.4 Å². The van der Waals surface area contributed by atoms with Crippen LogP contribution in [0.3, 0.4) is 0 Å². The zero-order chi connectivity index (χ0) is 18.3. The van der Waals surface area contributed by atoms with Crippen molar-refractivity contribution in [2.24, 2.45) is 5.73 Å². The monoisotopic (exact) mass is 348 g/mol. The van der Waals surface area contributed by atoms with Crippen molar-refractivity contribution in [1.29, 1.82) is 5.41 Å². The van der Waals surface area contributed by atoms with Gasteiger partial charge in [-0.2, -0.15) is 0 Å². The van der Waals surface area contributed by atoms with Crippen molar-refractivity contribution < 1.29 is 9.90 Å². The van der Waals surface area contributed by atoms with Crippen LogP contribution >= 0.6 is 0 Å². The second-order valence-corrected chi connectivity index (χ2v) is 6.75. The molecule has 0 bridgehead atoms. The molecule has 1 spiro atoms. The highest BCUT2D eigenvalue weighted by Gasteiger charge is 2.50. The Morgan fingerprint density at radius 2 is 2.04 bits per heavy atom. The molecular formula is C20H20N4O2. The minimum absolute atomic E-state index is 0.0441. The average molecular weight is 348 g/mol. The van der Waals surface area contributed by atoms with E-state index < -0.39 is 5.54 Å². The lowest BCUT2D eigenvalue weighted by molar-refractivity contribution is -0.120. The van der Waals surface area contributed by atoms with Crippen molar-refractivity contribution in [2.75, 3.05) is 16.8 Å². The fourth-order valence-electron chi connectivity index (χ4n) is 3.82. The van der Waals surface area contributed by atoms with Crippen LogP contribution in [0.1, 0.15) is 17.5 Å². The summed E-state index contributed by atoms with van der Waals surface area (Å²) in [6, 6.07) is 12.7. The minimum Gasteiger partial charge on any atom is -0.508 e. The van der Waals surface area contributed by atoms with Crippen LogP contribution in [0.5, 0.6) is 5.75 Å². The third kappa shape index (κ3) is 2.42. The molecular weight excluding hydrogens is 328 g/mol. The number of aromatic hydroxyl groups is 1. The molecule has 0 saturated carbocycles. The number of fused-ring (bicyclic) bond motifs is 1. The number of phenolic OH excluding ortho intramolecular Hbond substituents is 1. The van der Waals surface area contributed by atoms with Gasteiger partial charge in [-0.15, -0.1) is 0 Å². The second-order valence-electron chi connectivity index (χ2n) is 6.75. The number of benzene rings is 2. The summed E-state index contributed by atoms with van der Waals surface area (Å²) in [7, 11) is 0. The number of nitrogens with zero attached hydrogens (tertiary/aromatic N) is 1. The predicted molar refractivity (Wildman–Crippen MR) is 103 cm³/mol. The van der Waals surface area contributed by atoms with Crippen LogP contribution in [0.2, 0.25) is 0 Å². The molecule has 2 aromatic rings. The molecule has 0 aliphatic carbocycles. The Bertz CT molecular complexity index is 920. The molecule has 6 heteroatoms. The maximum Gasteiger partial charge on any atom is 0.253 e. The number of phenols is 1. The van der Waals surface area contributed by atoms with Gasteiger partial charge in [0.05, 0.1) is 0 Å². The molecule has 1 atom stereocenters. The molecule has 1 saturated heterocycles. The molecule has 26 heavy (non-hydrogen) atoms. The standard InChI is InChI=1S/C20H20N4O2/c21-11-15(12-22)13-1-4-16(5-2-13)24-8-7-20(19(24)26)10-14-3-6-17(25)9-18(14)23-20/h1-6,9,11-12,21,23,25H,7-8,10,22H2. The van der Waals surface area contributed by atoms with E-state index in [2.05, 4.69) is 5.32 Å². The summed E-state index contributed by atoms with van der Waals surface area (Å²) in [5, 5.41) is 20.4. The molecule has 2 heterocycles. The van der Waals surface area contributed by atoms with Gasteiger partial charge in [-0.3, -0.25) is 4.79 Å². The van der Waals surface area contributed by atoms with E-state index in [9.17, 15) is 9.90 Å². The van der Waals surface area contributed by atoms with Gasteiger partial charge < -0.3 is 26.5 Å². The van der Waals surface area contributed by atoms with Gasteiger partial charge in [0.25, 0.3) is 5.91 Å². The Labute approximate surface area is 151 Å². The number of carbonyl (C=O) groups is 1. The molecule has 2 aliphatic rings. The third-order valence-corrected chi connectivity index (χ3v) is 5.22. The quantitative estimate of drug-likeness (QED) is 0.640. The second kappa shape index (κ2) is 5.91. The average Bonchev–Trinajstić information content (AvgIpc) is 3.17. The Morgan fingerprint density at radius 1 is 1.27 bits per heavy atom. The van der Waals surface area contributed by atoms with Gasteiger partial charge >= 0.3 is 0 Å². The molecule has 4 rings (SSSR count). The smallest absolute Gasteiger partial charge is 0.253 e. The highest BCUT2D eigenvalue weighted by atomic mass is 16.3. The van der Waals surface area contributed by atoms with Crippen molar-refractivity contribution in [2.45, 2.75) is 18.4 Å². The largest absolute Gasteiger partial charge is 0.508 e. The Hall–Kier alpha value is -3.28. The van der Waals surface area contributed by atoms with E-state index >= 15 is 0 Å². The van der Waals surface area contributed by atoms with Crippen molar-refractivity contribution >= 4 is 29.1 Å². The molecule has 132 valence electrons. The van der Waals surface area contributed by atoms with Gasteiger partial charge in [-0.25, -0.2) is 0 Å². The van der Waals surface area contributed by atoms with E-state index in [1.165, 1.54) is 12.4 Å². The molecule has 1 fully saturated rings. The van der Waals surface area contributed by atoms with Gasteiger partial charge in [0.1, 0.15) is 11.3 Å². The van der Waals surface area contributed by atoms with Crippen LogP contribution in [0, 0.1) is 5.41 Å². The summed E-state index contributed by atoms with van der Waals surface area (Å²) < 4.78 is 0. The van der Waals surface area contributed by atoms with Gasteiger partial charge in [0.15, 0.2) is 0 Å². The summed E-state index contributed by atoms with van der Waals surface area (Å²) in [5.41, 5.74) is 9.08. The van der Waals surface area contributed by atoms with Crippen molar-refractivity contribution in [3.63, 3.8) is 0 Å². The van der Waals surface area contributed by atoms with Crippen LogP contribution in [-0.4, -0.2) is 29.3 Å². The zero-order valence-corrected chi connectivity index (χ0v) is 14.2. The van der Waals surface area contributed by atoms with Gasteiger partial charge in [-0.05, 0) is 35.7 Å². The number of nitrogens with two attached hydrogens (primary N) is 1. The Kier molecular flexibility index (Phi) is 3.68. The van der Waals surface area contributed by atoms with E-state index in [0.717, 1.165) is 22.5 Å². The number of carbonyl (C=O) groups excluding carboxylic acids is 1. The number of nitrogens with one attached hydrogen (secondary N) is 2. The number of hydrogen-bond donors (Lipinski definition) is 4. The fourth-order valence-corrected chi connectivity index (χ4v) is 3.82. The Morgan fingerprint density at radius 3 is 2.73 bits per heavy atom. The first-order valence-corrected chi connectivity index (χ1v) is 8.51. The summed E-state index contributed by atoms with van der Waals surface area (Å²) in [4.78, 5) is 14.9. The summed E-state index contributed by atoms with van der Waals surface area (Å²) in [6.07, 6.45) is 3.94. The molecule has 1 unspecified atom stereocenters. The maximum atomic E-state index is 13.1. The first-order valence-electron chi connectivity index (χ1n) is 8.51. The number of allylic oxidation sites excluding steroid dienone is 1. The zero-order valence-electron chi connectivity index (χ0n) is 14.2. The fraction of sp³-hybridized carbons (Fsp3) is 0.200. The van der Waals surface area contributed by atoms with Gasteiger partial charge in [0.2, 0.25) is 0 Å². The van der Waals surface area contributed by atoms with Crippen molar-refractivity contribution in [1.82, 2.24) is 0 Å². The van der Waals surface area contributed by atoms with E-state index in [1.807, 2.05) is 30.3 Å². The molecule has 2 aliphatic heterocycles. The topological polar surface area (TPSA) is 102 Å². The summed E-state index contributed by atoms with van der Waals surface area (Å²) in [5.74, 6) is 0.240. The highest BCUT2D eigenvalue weighted by Crippen LogP contribution is 2.41. The van der Waals surface area contributed by atoms with Crippen molar-refractivity contribution in [3.05, 3.63) is 59.8 Å². The van der Waals surface area contributed by atoms with Crippen LogP contribution in [0.15, 0.2) is 48.7 Å². The van der Waals surface area contributed by atoms with Crippen LogP contribution < -0.4 is 16.0 Å². The molecule has 6 nitrogen and oxygen atoms in total. The van der Waals surface area contributed by atoms with E-state index in [-0.39, 0.29) is 11.7 Å². The molecule has 5 N–H and O–H groups in total. The third-order valence-electron chi connectivity index (χ3n) is 5.22. The van der Waals surface area contributed by atoms with E-state index in [4.69, 9.17) is 11.1 Å². The normalized spacial score (nSPS) is 21.8. The SMILES string of the molecule is N=CC(=CN)c1ccc(N2CCC3(Cc4ccc(O)cc4N3)C2=O)cc1. The first-order chi connectivity index (χ1) is 12.6. The van der Waals surface area contributed by atoms with E-state index in [0.29, 0.717) is 25.0 Å². The number of amides is 1.